The van der Waals surface area contributed by atoms with Gasteiger partial charge in [0.2, 0.25) is 0 Å². The lowest BCUT2D eigenvalue weighted by atomic mass is 10.2. The van der Waals surface area contributed by atoms with Crippen LogP contribution in [0.3, 0.4) is 0 Å². The van der Waals surface area contributed by atoms with Gasteiger partial charge in [-0.15, -0.1) is 0 Å². The van der Waals surface area contributed by atoms with Crippen molar-refractivity contribution < 1.29 is 14.3 Å². The lowest BCUT2D eigenvalue weighted by molar-refractivity contribution is -0.119. The Morgan fingerprint density at radius 1 is 1.17 bits per heavy atom. The Hall–Kier alpha value is -2.56. The highest BCUT2D eigenvalue weighted by Crippen LogP contribution is 2.20. The zero-order valence-electron chi connectivity index (χ0n) is 13.9. The third kappa shape index (κ3) is 4.00. The quantitative estimate of drug-likeness (QED) is 0.860. The van der Waals surface area contributed by atoms with Gasteiger partial charge < -0.3 is 14.6 Å². The first-order chi connectivity index (χ1) is 10.9. The molecule has 0 atom stereocenters. The molecule has 1 amide bonds. The summed E-state index contributed by atoms with van der Waals surface area (Å²) in [5, 5.41) is 2.68. The van der Waals surface area contributed by atoms with E-state index in [0.29, 0.717) is 11.3 Å². The van der Waals surface area contributed by atoms with Crippen molar-refractivity contribution in [2.45, 2.75) is 33.7 Å². The number of rotatable bonds is 5. The first kappa shape index (κ1) is 16.8. The Balaban J connectivity index is 1.97. The van der Waals surface area contributed by atoms with Crippen LogP contribution in [0.2, 0.25) is 0 Å². The predicted octanol–water partition coefficient (Wildman–Crippen LogP) is 3.48. The number of hydrogen-bond donors (Lipinski definition) is 1. The third-order valence-electron chi connectivity index (χ3n) is 3.61. The molecule has 0 saturated heterocycles. The first-order valence-electron chi connectivity index (χ1n) is 7.60. The number of amides is 1. The van der Waals surface area contributed by atoms with Crippen LogP contribution in [0.15, 0.2) is 36.4 Å². The number of aryl methyl sites for hydroxylation is 1. The van der Waals surface area contributed by atoms with Crippen LogP contribution in [0.4, 0.5) is 5.69 Å². The van der Waals surface area contributed by atoms with Crippen molar-refractivity contribution in [2.24, 2.45) is 0 Å². The van der Waals surface area contributed by atoms with E-state index in [1.54, 1.807) is 18.2 Å². The highest BCUT2D eigenvalue weighted by atomic mass is 16.5. The molecular weight excluding hydrogens is 292 g/mol. The minimum atomic E-state index is -0.479. The summed E-state index contributed by atoms with van der Waals surface area (Å²) in [6.45, 7) is 7.64. The molecule has 5 heteroatoms. The van der Waals surface area contributed by atoms with Gasteiger partial charge in [0.25, 0.3) is 5.91 Å². The average Bonchev–Trinajstić information content (AvgIpc) is 2.81. The van der Waals surface area contributed by atoms with Crippen molar-refractivity contribution in [2.75, 3.05) is 11.9 Å². The molecule has 0 bridgehead atoms. The summed E-state index contributed by atoms with van der Waals surface area (Å²) in [6.07, 6.45) is 0. The van der Waals surface area contributed by atoms with E-state index in [2.05, 4.69) is 23.7 Å². The molecule has 1 N–H and O–H groups in total. The maximum Gasteiger partial charge on any atom is 0.340 e. The lowest BCUT2D eigenvalue weighted by Gasteiger charge is -2.13. The Morgan fingerprint density at radius 2 is 1.83 bits per heavy atom. The molecular formula is C18H22N2O3. The van der Waals surface area contributed by atoms with Gasteiger partial charge in [-0.25, -0.2) is 4.79 Å². The van der Waals surface area contributed by atoms with E-state index in [-0.39, 0.29) is 18.6 Å². The third-order valence-corrected chi connectivity index (χ3v) is 3.61. The molecule has 0 aliphatic carbocycles. The number of ether oxygens (including phenoxy) is 1. The fourth-order valence-electron chi connectivity index (χ4n) is 2.71. The van der Waals surface area contributed by atoms with E-state index in [4.69, 9.17) is 4.74 Å². The summed E-state index contributed by atoms with van der Waals surface area (Å²) < 4.78 is 7.20. The van der Waals surface area contributed by atoms with Crippen molar-refractivity contribution in [3.63, 3.8) is 0 Å². The molecule has 0 saturated carbocycles. The molecule has 0 spiro atoms. The topological polar surface area (TPSA) is 60.3 Å². The monoisotopic (exact) mass is 314 g/mol. The zero-order valence-corrected chi connectivity index (χ0v) is 13.9. The Labute approximate surface area is 136 Å². The van der Waals surface area contributed by atoms with Crippen molar-refractivity contribution in [3.8, 4) is 0 Å². The van der Waals surface area contributed by atoms with Gasteiger partial charge in [-0.05, 0) is 45.9 Å². The predicted molar refractivity (Wildman–Crippen MR) is 89.6 cm³/mol. The molecule has 5 nitrogen and oxygen atoms in total. The van der Waals surface area contributed by atoms with E-state index in [9.17, 15) is 9.59 Å². The van der Waals surface area contributed by atoms with Gasteiger partial charge in [0.05, 0.1) is 5.56 Å². The summed E-state index contributed by atoms with van der Waals surface area (Å²) in [5.41, 5.74) is 3.03. The second-order valence-electron chi connectivity index (χ2n) is 5.74. The first-order valence-corrected chi connectivity index (χ1v) is 7.60. The van der Waals surface area contributed by atoms with Crippen LogP contribution in [0.25, 0.3) is 0 Å². The van der Waals surface area contributed by atoms with Gasteiger partial charge in [0, 0.05) is 23.1 Å². The molecule has 2 aromatic rings. The van der Waals surface area contributed by atoms with Crippen LogP contribution in [-0.4, -0.2) is 23.1 Å². The van der Waals surface area contributed by atoms with Crippen LogP contribution >= 0.6 is 0 Å². The van der Waals surface area contributed by atoms with Crippen molar-refractivity contribution in [3.05, 3.63) is 53.3 Å². The van der Waals surface area contributed by atoms with Gasteiger partial charge >= 0.3 is 5.97 Å². The number of aromatic nitrogens is 1. The van der Waals surface area contributed by atoms with Crippen molar-refractivity contribution in [1.82, 2.24) is 4.57 Å². The normalized spacial score (nSPS) is 10.7. The van der Waals surface area contributed by atoms with Crippen LogP contribution in [0, 0.1) is 13.8 Å². The number of carbonyl (C=O) groups excluding carboxylic acids is 2. The van der Waals surface area contributed by atoms with E-state index >= 15 is 0 Å². The summed E-state index contributed by atoms with van der Waals surface area (Å²) in [5.74, 6) is -0.838. The maximum absolute atomic E-state index is 12.2. The van der Waals surface area contributed by atoms with Crippen molar-refractivity contribution in [1.29, 1.82) is 0 Å². The number of nitrogens with zero attached hydrogens (tertiary/aromatic N) is 1. The minimum absolute atomic E-state index is 0.262. The molecule has 1 aromatic heterocycles. The number of hydrogen-bond acceptors (Lipinski definition) is 3. The summed E-state index contributed by atoms with van der Waals surface area (Å²) >= 11 is 0. The fraction of sp³-hybridized carbons (Fsp3) is 0.333. The number of benzene rings is 1. The molecule has 1 heterocycles. The molecule has 1 aromatic carbocycles. The van der Waals surface area contributed by atoms with Crippen molar-refractivity contribution >= 4 is 17.6 Å². The summed E-state index contributed by atoms with van der Waals surface area (Å²) in [4.78, 5) is 24.0. The van der Waals surface area contributed by atoms with E-state index in [0.717, 1.165) is 11.4 Å². The Bertz CT molecular complexity index is 703. The molecule has 0 unspecified atom stereocenters. The summed E-state index contributed by atoms with van der Waals surface area (Å²) in [6, 6.07) is 11.1. The number of para-hydroxylation sites is 1. The van der Waals surface area contributed by atoms with Gasteiger partial charge in [-0.3, -0.25) is 4.79 Å². The Kier molecular flexibility index (Phi) is 5.21. The van der Waals surface area contributed by atoms with E-state index in [1.807, 2.05) is 32.0 Å². The van der Waals surface area contributed by atoms with E-state index < -0.39 is 5.97 Å². The maximum atomic E-state index is 12.2. The SMILES string of the molecule is Cc1cc(C(=O)OCC(=O)Nc2ccccc2)c(C)n1C(C)C. The molecule has 2 rings (SSSR count). The summed E-state index contributed by atoms with van der Waals surface area (Å²) in [7, 11) is 0. The highest BCUT2D eigenvalue weighted by molar-refractivity contribution is 5.96. The standard InChI is InChI=1S/C18H22N2O3/c1-12(2)20-13(3)10-16(14(20)4)18(22)23-11-17(21)19-15-8-6-5-7-9-15/h5-10,12H,11H2,1-4H3,(H,19,21). The number of anilines is 1. The second kappa shape index (κ2) is 7.13. The van der Waals surface area contributed by atoms with E-state index in [1.165, 1.54) is 0 Å². The number of esters is 1. The van der Waals surface area contributed by atoms with Gasteiger partial charge in [-0.2, -0.15) is 0 Å². The van der Waals surface area contributed by atoms with Crippen LogP contribution in [0.5, 0.6) is 0 Å². The zero-order chi connectivity index (χ0) is 17.0. The van der Waals surface area contributed by atoms with Crippen LogP contribution in [0.1, 0.15) is 41.6 Å². The molecule has 0 fully saturated rings. The van der Waals surface area contributed by atoms with Crippen LogP contribution in [-0.2, 0) is 9.53 Å². The highest BCUT2D eigenvalue weighted by Gasteiger charge is 2.19. The number of carbonyl (C=O) groups is 2. The van der Waals surface area contributed by atoms with Gasteiger partial charge in [0.1, 0.15) is 0 Å². The van der Waals surface area contributed by atoms with Crippen LogP contribution < -0.4 is 5.32 Å². The Morgan fingerprint density at radius 3 is 2.39 bits per heavy atom. The largest absolute Gasteiger partial charge is 0.452 e. The lowest BCUT2D eigenvalue weighted by Crippen LogP contribution is -2.21. The second-order valence-corrected chi connectivity index (χ2v) is 5.74. The molecule has 0 radical (unpaired) electrons. The molecule has 0 aliphatic heterocycles. The smallest absolute Gasteiger partial charge is 0.340 e. The van der Waals surface area contributed by atoms with Gasteiger partial charge in [-0.1, -0.05) is 18.2 Å². The molecule has 122 valence electrons. The molecule has 0 aliphatic rings. The minimum Gasteiger partial charge on any atom is -0.452 e. The molecule has 23 heavy (non-hydrogen) atoms. The average molecular weight is 314 g/mol. The fourth-order valence-corrected chi connectivity index (χ4v) is 2.71. The number of nitrogens with one attached hydrogen (secondary N) is 1. The van der Waals surface area contributed by atoms with Gasteiger partial charge in [0.15, 0.2) is 6.61 Å².